The second-order valence-corrected chi connectivity index (χ2v) is 9.69. The molecule has 0 spiro atoms. The highest BCUT2D eigenvalue weighted by molar-refractivity contribution is 7.89. The van der Waals surface area contributed by atoms with Gasteiger partial charge in [0.25, 0.3) is 0 Å². The molecular weight excluding hydrogens is 388 g/mol. The van der Waals surface area contributed by atoms with Crippen LogP contribution in [0.15, 0.2) is 23.1 Å². The lowest BCUT2D eigenvalue weighted by Gasteiger charge is -2.25. The molecule has 1 heterocycles. The van der Waals surface area contributed by atoms with Crippen molar-refractivity contribution in [1.29, 1.82) is 0 Å². The van der Waals surface area contributed by atoms with Crippen molar-refractivity contribution < 1.29 is 13.2 Å². The minimum Gasteiger partial charge on any atom is -0.376 e. The van der Waals surface area contributed by atoms with Gasteiger partial charge in [-0.15, -0.1) is 0 Å². The Morgan fingerprint density at radius 3 is 2.17 bits per heavy atom. The van der Waals surface area contributed by atoms with Crippen LogP contribution in [0.4, 0.5) is 11.4 Å². The van der Waals surface area contributed by atoms with Gasteiger partial charge in [-0.05, 0) is 44.1 Å². The van der Waals surface area contributed by atoms with Gasteiger partial charge in [0.15, 0.2) is 0 Å². The maximum Gasteiger partial charge on any atom is 0.243 e. The van der Waals surface area contributed by atoms with E-state index >= 15 is 0 Å². The van der Waals surface area contributed by atoms with Crippen molar-refractivity contribution in [3.63, 3.8) is 0 Å². The maximum absolute atomic E-state index is 12.9. The molecule has 0 saturated carbocycles. The number of hydrogen-bond donors (Lipinski definition) is 1. The minimum absolute atomic E-state index is 0.105. The van der Waals surface area contributed by atoms with Gasteiger partial charge in [0.2, 0.25) is 15.9 Å². The molecule has 0 bridgehead atoms. The number of nitrogens with one attached hydrogen (secondary N) is 1. The van der Waals surface area contributed by atoms with Crippen LogP contribution in [0.5, 0.6) is 0 Å². The van der Waals surface area contributed by atoms with E-state index in [4.69, 9.17) is 0 Å². The van der Waals surface area contributed by atoms with Gasteiger partial charge in [-0.25, -0.2) is 8.42 Å². The van der Waals surface area contributed by atoms with Gasteiger partial charge < -0.3 is 10.2 Å². The van der Waals surface area contributed by atoms with Crippen molar-refractivity contribution in [3.05, 3.63) is 18.2 Å². The van der Waals surface area contributed by atoms with Gasteiger partial charge in [-0.2, -0.15) is 4.31 Å². The number of sulfonamides is 1. The summed E-state index contributed by atoms with van der Waals surface area (Å²) in [6.07, 6.45) is 5.95. The van der Waals surface area contributed by atoms with Gasteiger partial charge in [0, 0.05) is 27.2 Å². The molecule has 1 saturated heterocycles. The largest absolute Gasteiger partial charge is 0.376 e. The Balaban J connectivity index is 2.22. The lowest BCUT2D eigenvalue weighted by molar-refractivity contribution is -0.117. The summed E-state index contributed by atoms with van der Waals surface area (Å²) in [6, 6.07) is 4.94. The summed E-state index contributed by atoms with van der Waals surface area (Å²) in [4.78, 5) is 17.0. The van der Waals surface area contributed by atoms with E-state index in [2.05, 4.69) is 10.2 Å². The highest BCUT2D eigenvalue weighted by Gasteiger charge is 2.23. The van der Waals surface area contributed by atoms with E-state index in [1.54, 1.807) is 18.2 Å². The van der Waals surface area contributed by atoms with Crippen molar-refractivity contribution in [2.45, 2.75) is 50.8 Å². The Labute approximate surface area is 176 Å². The van der Waals surface area contributed by atoms with E-state index in [0.29, 0.717) is 25.3 Å². The van der Waals surface area contributed by atoms with Gasteiger partial charge in [-0.1, -0.05) is 33.1 Å². The summed E-state index contributed by atoms with van der Waals surface area (Å²) in [7, 11) is 0.169. The molecule has 0 radical (unpaired) electrons. The van der Waals surface area contributed by atoms with Crippen LogP contribution in [-0.2, 0) is 14.8 Å². The van der Waals surface area contributed by atoms with Crippen molar-refractivity contribution in [2.75, 3.05) is 57.0 Å². The number of carbonyl (C=O) groups excluding carboxylic acids is 1. The Bertz CT molecular complexity index is 768. The molecule has 164 valence electrons. The standard InChI is InChI=1S/C21H36N4O3S/c1-5-25(6-2)29(27,28)18-12-13-20(23(3)4)19(16-18)22-21(26)17-24-14-10-8-7-9-11-15-24/h12-13,16H,5-11,14-15,17H2,1-4H3,(H,22,26). The van der Waals surface area contributed by atoms with E-state index in [9.17, 15) is 13.2 Å². The zero-order valence-electron chi connectivity index (χ0n) is 18.3. The van der Waals surface area contributed by atoms with E-state index in [0.717, 1.165) is 31.6 Å². The highest BCUT2D eigenvalue weighted by atomic mass is 32.2. The lowest BCUT2D eigenvalue weighted by atomic mass is 10.1. The van der Waals surface area contributed by atoms with Crippen LogP contribution >= 0.6 is 0 Å². The van der Waals surface area contributed by atoms with E-state index in [-0.39, 0.29) is 10.8 Å². The summed E-state index contributed by atoms with van der Waals surface area (Å²) in [5, 5.41) is 2.96. The third-order valence-electron chi connectivity index (χ3n) is 5.38. The molecule has 2 rings (SSSR count). The van der Waals surface area contributed by atoms with Crippen LogP contribution in [-0.4, -0.2) is 70.3 Å². The first kappa shape index (κ1) is 23.6. The number of carbonyl (C=O) groups is 1. The van der Waals surface area contributed by atoms with Crippen LogP contribution in [0.2, 0.25) is 0 Å². The SMILES string of the molecule is CCN(CC)S(=O)(=O)c1ccc(N(C)C)c(NC(=O)CN2CCCCCCC2)c1. The number of nitrogens with zero attached hydrogens (tertiary/aromatic N) is 3. The molecule has 1 amide bonds. The fourth-order valence-electron chi connectivity index (χ4n) is 3.74. The molecule has 1 aliphatic rings. The average Bonchev–Trinajstić information content (AvgIpc) is 2.64. The Kier molecular flexibility index (Phi) is 8.92. The molecule has 29 heavy (non-hydrogen) atoms. The van der Waals surface area contributed by atoms with Crippen molar-refractivity contribution in [3.8, 4) is 0 Å². The molecular formula is C21H36N4O3S. The van der Waals surface area contributed by atoms with Crippen LogP contribution in [0.3, 0.4) is 0 Å². The monoisotopic (exact) mass is 424 g/mol. The van der Waals surface area contributed by atoms with Crippen LogP contribution in [0, 0.1) is 0 Å². The number of amides is 1. The smallest absolute Gasteiger partial charge is 0.243 e. The Morgan fingerprint density at radius 2 is 1.62 bits per heavy atom. The summed E-state index contributed by atoms with van der Waals surface area (Å²) >= 11 is 0. The Morgan fingerprint density at radius 1 is 1.03 bits per heavy atom. The minimum atomic E-state index is -3.58. The second kappa shape index (κ2) is 10.9. The first-order chi connectivity index (χ1) is 13.8. The predicted octanol–water partition coefficient (Wildman–Crippen LogP) is 2.99. The summed E-state index contributed by atoms with van der Waals surface area (Å²) < 4.78 is 27.2. The molecule has 0 unspecified atom stereocenters. The topological polar surface area (TPSA) is 73.0 Å². The summed E-state index contributed by atoms with van der Waals surface area (Å²) in [6.45, 7) is 6.66. The Hall–Kier alpha value is -1.64. The fraction of sp³-hybridized carbons (Fsp3) is 0.667. The molecule has 0 atom stereocenters. The van der Waals surface area contributed by atoms with E-state index < -0.39 is 10.0 Å². The normalized spacial score (nSPS) is 16.3. The van der Waals surface area contributed by atoms with Gasteiger partial charge in [0.1, 0.15) is 0 Å². The molecule has 1 aromatic rings. The molecule has 7 nitrogen and oxygen atoms in total. The number of likely N-dealkylation sites (tertiary alicyclic amines) is 1. The average molecular weight is 425 g/mol. The fourth-order valence-corrected chi connectivity index (χ4v) is 5.23. The first-order valence-electron chi connectivity index (χ1n) is 10.6. The van der Waals surface area contributed by atoms with E-state index in [1.807, 2.05) is 32.8 Å². The number of anilines is 2. The summed E-state index contributed by atoms with van der Waals surface area (Å²) in [5.74, 6) is -0.105. The second-order valence-electron chi connectivity index (χ2n) is 7.75. The molecule has 1 N–H and O–H groups in total. The third-order valence-corrected chi connectivity index (χ3v) is 7.43. The van der Waals surface area contributed by atoms with Gasteiger partial charge >= 0.3 is 0 Å². The predicted molar refractivity (Wildman–Crippen MR) is 119 cm³/mol. The molecule has 1 aromatic carbocycles. The zero-order chi connectivity index (χ0) is 21.4. The van der Waals surface area contributed by atoms with Crippen LogP contribution in [0.1, 0.15) is 46.0 Å². The highest BCUT2D eigenvalue weighted by Crippen LogP contribution is 2.29. The molecule has 1 aliphatic heterocycles. The number of rotatable bonds is 8. The van der Waals surface area contributed by atoms with Crippen LogP contribution < -0.4 is 10.2 Å². The quantitative estimate of drug-likeness (QED) is 0.695. The van der Waals surface area contributed by atoms with E-state index in [1.165, 1.54) is 23.6 Å². The van der Waals surface area contributed by atoms with Crippen molar-refractivity contribution in [2.24, 2.45) is 0 Å². The number of benzene rings is 1. The van der Waals surface area contributed by atoms with Crippen LogP contribution in [0.25, 0.3) is 0 Å². The molecule has 1 fully saturated rings. The lowest BCUT2D eigenvalue weighted by Crippen LogP contribution is -2.35. The van der Waals surface area contributed by atoms with Crippen molar-refractivity contribution >= 4 is 27.3 Å². The molecule has 0 aromatic heterocycles. The number of hydrogen-bond acceptors (Lipinski definition) is 5. The maximum atomic E-state index is 12.9. The first-order valence-corrected chi connectivity index (χ1v) is 12.1. The third kappa shape index (κ3) is 6.42. The molecule has 0 aliphatic carbocycles. The summed E-state index contributed by atoms with van der Waals surface area (Å²) in [5.41, 5.74) is 1.31. The van der Waals surface area contributed by atoms with Crippen molar-refractivity contribution in [1.82, 2.24) is 9.21 Å². The van der Waals surface area contributed by atoms with Gasteiger partial charge in [0.05, 0.1) is 22.8 Å². The molecule has 8 heteroatoms. The zero-order valence-corrected chi connectivity index (χ0v) is 19.1. The van der Waals surface area contributed by atoms with Gasteiger partial charge in [-0.3, -0.25) is 9.69 Å².